The van der Waals surface area contributed by atoms with E-state index in [1.54, 1.807) is 0 Å². The summed E-state index contributed by atoms with van der Waals surface area (Å²) in [7, 11) is 0. The topological polar surface area (TPSA) is 56.0 Å². The lowest BCUT2D eigenvalue weighted by Gasteiger charge is -2.08. The quantitative estimate of drug-likeness (QED) is 0.466. The average molecular weight is 260 g/mol. The largest absolute Gasteiger partial charge is 0.436 e. The minimum Gasteiger partial charge on any atom is -0.258 e. The van der Waals surface area contributed by atoms with Gasteiger partial charge in [-0.1, -0.05) is 0 Å². The van der Waals surface area contributed by atoms with Gasteiger partial charge in [-0.25, -0.2) is 13.8 Å². The number of hydrogen-bond acceptors (Lipinski definition) is 3. The maximum atomic E-state index is 13.0. The molecule has 0 aliphatic heterocycles. The molecule has 17 heavy (non-hydrogen) atoms. The van der Waals surface area contributed by atoms with Crippen molar-refractivity contribution >= 4 is 5.69 Å². The Morgan fingerprint density at radius 3 is 2.24 bits per heavy atom. The van der Waals surface area contributed by atoms with E-state index in [9.17, 15) is 36.5 Å². The Balaban J connectivity index is 3.55. The fraction of sp³-hybridized carbons (Fsp3) is 0.286. The van der Waals surface area contributed by atoms with Crippen molar-refractivity contribution in [1.82, 2.24) is 4.98 Å². The smallest absolute Gasteiger partial charge is 0.258 e. The third-order valence-corrected chi connectivity index (χ3v) is 1.65. The van der Waals surface area contributed by atoms with E-state index in [0.717, 1.165) is 0 Å². The molecule has 0 aliphatic rings. The van der Waals surface area contributed by atoms with Gasteiger partial charge in [0.15, 0.2) is 5.69 Å². The summed E-state index contributed by atoms with van der Waals surface area (Å²) < 4.78 is 73.8. The van der Waals surface area contributed by atoms with E-state index in [1.165, 1.54) is 0 Å². The summed E-state index contributed by atoms with van der Waals surface area (Å²) in [5, 5.41) is 10.2. The van der Waals surface area contributed by atoms with Crippen LogP contribution in [0.4, 0.5) is 32.0 Å². The maximum Gasteiger partial charge on any atom is 0.436 e. The Labute approximate surface area is 89.0 Å². The highest BCUT2D eigenvalue weighted by atomic mass is 19.4. The van der Waals surface area contributed by atoms with Gasteiger partial charge in [-0.05, 0) is 0 Å². The third kappa shape index (κ3) is 2.63. The summed E-state index contributed by atoms with van der Waals surface area (Å²) >= 11 is 0. The van der Waals surface area contributed by atoms with Gasteiger partial charge in [0.2, 0.25) is 5.82 Å². The molecule has 1 rings (SSSR count). The van der Waals surface area contributed by atoms with E-state index in [-0.39, 0.29) is 6.07 Å². The van der Waals surface area contributed by atoms with Gasteiger partial charge in [0.25, 0.3) is 6.43 Å². The minimum atomic E-state index is -5.39. The minimum absolute atomic E-state index is 0.0325. The lowest BCUT2D eigenvalue weighted by Crippen LogP contribution is -2.14. The van der Waals surface area contributed by atoms with Crippen molar-refractivity contribution in [1.29, 1.82) is 0 Å². The summed E-state index contributed by atoms with van der Waals surface area (Å²) in [5.41, 5.74) is -5.53. The summed E-state index contributed by atoms with van der Waals surface area (Å²) in [4.78, 5) is 11.0. The Hall–Kier alpha value is -1.87. The highest BCUT2D eigenvalue weighted by Crippen LogP contribution is 2.35. The van der Waals surface area contributed by atoms with Crippen LogP contribution in [0.25, 0.3) is 0 Å². The van der Waals surface area contributed by atoms with Gasteiger partial charge in [0.1, 0.15) is 5.69 Å². The summed E-state index contributed by atoms with van der Waals surface area (Å²) in [5.74, 6) is -2.29. The van der Waals surface area contributed by atoms with Gasteiger partial charge in [-0.15, -0.1) is 0 Å². The molecular weight excluding hydrogens is 258 g/mol. The molecule has 1 aromatic heterocycles. The molecule has 0 bridgehead atoms. The molecule has 10 heteroatoms. The number of hydrogen-bond donors (Lipinski definition) is 0. The van der Waals surface area contributed by atoms with Crippen LogP contribution in [0.1, 0.15) is 17.8 Å². The average Bonchev–Trinajstić information content (AvgIpc) is 2.15. The molecule has 0 atom stereocenters. The molecule has 0 unspecified atom stereocenters. The molecular formula is C7H2F6N2O2. The third-order valence-electron chi connectivity index (χ3n) is 1.65. The molecule has 0 N–H and O–H groups in total. The van der Waals surface area contributed by atoms with Gasteiger partial charge in [-0.3, -0.25) is 10.1 Å². The predicted octanol–water partition coefficient (Wildman–Crippen LogP) is 3.09. The van der Waals surface area contributed by atoms with Crippen molar-refractivity contribution in [2.45, 2.75) is 12.6 Å². The molecule has 0 spiro atoms. The van der Waals surface area contributed by atoms with Crippen LogP contribution in [0.15, 0.2) is 6.07 Å². The number of nitro groups is 1. The van der Waals surface area contributed by atoms with Crippen LogP contribution in [-0.2, 0) is 6.18 Å². The molecule has 0 radical (unpaired) electrons. The van der Waals surface area contributed by atoms with Gasteiger partial charge >= 0.3 is 11.9 Å². The highest BCUT2D eigenvalue weighted by molar-refractivity contribution is 5.37. The zero-order chi connectivity index (χ0) is 13.4. The lowest BCUT2D eigenvalue weighted by molar-refractivity contribution is -0.388. The summed E-state index contributed by atoms with van der Waals surface area (Å²) in [6.07, 6.45) is -8.87. The predicted molar refractivity (Wildman–Crippen MR) is 40.8 cm³/mol. The molecule has 1 heterocycles. The van der Waals surface area contributed by atoms with Gasteiger partial charge < -0.3 is 0 Å². The van der Waals surface area contributed by atoms with Crippen molar-refractivity contribution in [2.75, 3.05) is 0 Å². The number of nitrogens with zero attached hydrogens (tertiary/aromatic N) is 2. The Morgan fingerprint density at radius 1 is 1.35 bits per heavy atom. The van der Waals surface area contributed by atoms with Crippen LogP contribution in [0.2, 0.25) is 0 Å². The molecule has 0 amide bonds. The zero-order valence-corrected chi connectivity index (χ0v) is 7.63. The summed E-state index contributed by atoms with van der Waals surface area (Å²) in [6, 6.07) is -0.0325. The second kappa shape index (κ2) is 4.18. The fourth-order valence-electron chi connectivity index (χ4n) is 0.968. The first-order valence-corrected chi connectivity index (χ1v) is 3.84. The highest BCUT2D eigenvalue weighted by Gasteiger charge is 2.41. The molecule has 1 aromatic rings. The van der Waals surface area contributed by atoms with Crippen LogP contribution in [0.3, 0.4) is 0 Å². The first kappa shape index (κ1) is 13.2. The molecule has 0 saturated heterocycles. The monoisotopic (exact) mass is 260 g/mol. The van der Waals surface area contributed by atoms with E-state index < -0.39 is 40.4 Å². The van der Waals surface area contributed by atoms with Crippen LogP contribution in [0.5, 0.6) is 0 Å². The van der Waals surface area contributed by atoms with E-state index in [0.29, 0.717) is 0 Å². The zero-order valence-electron chi connectivity index (χ0n) is 7.63. The van der Waals surface area contributed by atoms with Crippen molar-refractivity contribution < 1.29 is 31.3 Å². The van der Waals surface area contributed by atoms with Crippen LogP contribution in [-0.4, -0.2) is 9.91 Å². The Morgan fingerprint density at radius 2 is 1.88 bits per heavy atom. The number of alkyl halides is 5. The number of aromatic nitrogens is 1. The summed E-state index contributed by atoms with van der Waals surface area (Å²) in [6.45, 7) is 0. The SMILES string of the molecule is O=[N+]([O-])c1cc(C(F)F)nc(C(F)(F)F)c1F. The number of pyridine rings is 1. The standard InChI is InChI=1S/C7H2F6N2O2/c8-4-3(15(16)17)1-2(6(9)10)14-5(4)7(11,12)13/h1,6H. The number of rotatable bonds is 2. The number of halogens is 6. The van der Waals surface area contributed by atoms with Gasteiger partial charge in [0.05, 0.1) is 4.92 Å². The van der Waals surface area contributed by atoms with Crippen molar-refractivity contribution in [2.24, 2.45) is 0 Å². The van der Waals surface area contributed by atoms with Crippen molar-refractivity contribution in [3.63, 3.8) is 0 Å². The molecule has 0 saturated carbocycles. The fourth-order valence-corrected chi connectivity index (χ4v) is 0.968. The second-order valence-corrected chi connectivity index (χ2v) is 2.78. The maximum absolute atomic E-state index is 13.0. The molecule has 94 valence electrons. The first-order valence-electron chi connectivity index (χ1n) is 3.84. The first-order chi connectivity index (χ1) is 7.64. The van der Waals surface area contributed by atoms with Crippen LogP contribution in [0, 0.1) is 15.9 Å². The molecule has 0 aliphatic carbocycles. The molecule has 4 nitrogen and oxygen atoms in total. The Bertz CT molecular complexity index is 458. The van der Waals surface area contributed by atoms with Crippen LogP contribution < -0.4 is 0 Å². The van der Waals surface area contributed by atoms with E-state index in [4.69, 9.17) is 0 Å². The Kier molecular flexibility index (Phi) is 3.25. The van der Waals surface area contributed by atoms with Crippen molar-refractivity contribution in [3.8, 4) is 0 Å². The molecule has 0 aromatic carbocycles. The van der Waals surface area contributed by atoms with E-state index >= 15 is 0 Å². The van der Waals surface area contributed by atoms with Crippen LogP contribution >= 0.6 is 0 Å². The lowest BCUT2D eigenvalue weighted by atomic mass is 10.2. The van der Waals surface area contributed by atoms with E-state index in [1.807, 2.05) is 0 Å². The second-order valence-electron chi connectivity index (χ2n) is 2.78. The molecule has 0 fully saturated rings. The normalized spacial score (nSPS) is 11.9. The van der Waals surface area contributed by atoms with Gasteiger partial charge in [-0.2, -0.15) is 17.6 Å². The van der Waals surface area contributed by atoms with E-state index in [2.05, 4.69) is 4.98 Å². The van der Waals surface area contributed by atoms with Gasteiger partial charge in [0, 0.05) is 6.07 Å². The van der Waals surface area contributed by atoms with Crippen molar-refractivity contribution in [3.05, 3.63) is 33.4 Å².